The fourth-order valence-corrected chi connectivity index (χ4v) is 1.49. The van der Waals surface area contributed by atoms with E-state index in [0.717, 1.165) is 17.7 Å². The van der Waals surface area contributed by atoms with Crippen molar-refractivity contribution >= 4 is 5.97 Å². The second-order valence-electron chi connectivity index (χ2n) is 4.80. The Morgan fingerprint density at radius 2 is 1.89 bits per heavy atom. The number of benzene rings is 1. The summed E-state index contributed by atoms with van der Waals surface area (Å²) in [7, 11) is 0. The summed E-state index contributed by atoms with van der Waals surface area (Å²) >= 11 is 0. The van der Waals surface area contributed by atoms with Crippen LogP contribution in [0.1, 0.15) is 39.7 Å². The van der Waals surface area contributed by atoms with Gasteiger partial charge in [-0.1, -0.05) is 25.1 Å². The molecule has 0 aliphatic carbocycles. The third kappa shape index (κ3) is 4.40. The number of hydrogen-bond donors (Lipinski definition) is 0. The lowest BCUT2D eigenvalue weighted by Gasteiger charge is -2.26. The van der Waals surface area contributed by atoms with Crippen LogP contribution in [-0.2, 0) is 16.0 Å². The van der Waals surface area contributed by atoms with E-state index in [1.54, 1.807) is 6.92 Å². The molecule has 0 aromatic heterocycles. The molecule has 3 heteroatoms. The molecule has 0 heterocycles. The molecule has 0 aliphatic heterocycles. The lowest BCUT2D eigenvalue weighted by molar-refractivity contribution is -0.142. The van der Waals surface area contributed by atoms with Gasteiger partial charge in [0, 0.05) is 5.56 Å². The van der Waals surface area contributed by atoms with Crippen molar-refractivity contribution in [3.05, 3.63) is 29.8 Å². The number of hydrogen-bond acceptors (Lipinski definition) is 3. The molecule has 1 aromatic carbocycles. The molecule has 0 unspecified atom stereocenters. The van der Waals surface area contributed by atoms with Gasteiger partial charge in [0.1, 0.15) is 11.4 Å². The lowest BCUT2D eigenvalue weighted by atomic mass is 10.1. The van der Waals surface area contributed by atoms with E-state index < -0.39 is 0 Å². The van der Waals surface area contributed by atoms with Crippen LogP contribution in [0.15, 0.2) is 24.3 Å². The van der Waals surface area contributed by atoms with Crippen molar-refractivity contribution in [1.82, 2.24) is 0 Å². The first-order valence-electron chi connectivity index (χ1n) is 6.41. The van der Waals surface area contributed by atoms with E-state index in [1.165, 1.54) is 0 Å². The van der Waals surface area contributed by atoms with E-state index in [1.807, 2.05) is 38.1 Å². The molecule has 3 nitrogen and oxygen atoms in total. The van der Waals surface area contributed by atoms with Crippen molar-refractivity contribution in [3.8, 4) is 5.75 Å². The molecule has 1 rings (SSSR count). The van der Waals surface area contributed by atoms with Gasteiger partial charge in [-0.15, -0.1) is 0 Å². The van der Waals surface area contributed by atoms with Gasteiger partial charge in [-0.3, -0.25) is 4.79 Å². The number of rotatable bonds is 6. The van der Waals surface area contributed by atoms with E-state index >= 15 is 0 Å². The molecule has 18 heavy (non-hydrogen) atoms. The van der Waals surface area contributed by atoms with E-state index in [4.69, 9.17) is 9.47 Å². The van der Waals surface area contributed by atoms with Crippen LogP contribution in [0.25, 0.3) is 0 Å². The van der Waals surface area contributed by atoms with E-state index in [0.29, 0.717) is 6.61 Å². The Balaban J connectivity index is 2.83. The predicted molar refractivity (Wildman–Crippen MR) is 71.8 cm³/mol. The summed E-state index contributed by atoms with van der Waals surface area (Å²) in [6, 6.07) is 7.61. The van der Waals surface area contributed by atoms with Crippen molar-refractivity contribution in [2.75, 3.05) is 6.61 Å². The standard InChI is InChI=1S/C15H22O3/c1-5-15(3,4)18-13-10-8-7-9-12(13)11-14(16)17-6-2/h7-10H,5-6,11H2,1-4H3. The minimum atomic E-state index is -0.231. The first kappa shape index (κ1) is 14.6. The third-order valence-corrected chi connectivity index (χ3v) is 2.85. The maximum atomic E-state index is 11.5. The van der Waals surface area contributed by atoms with E-state index in [9.17, 15) is 4.79 Å². The van der Waals surface area contributed by atoms with Crippen LogP contribution in [0, 0.1) is 0 Å². The summed E-state index contributed by atoms with van der Waals surface area (Å²) in [4.78, 5) is 11.5. The van der Waals surface area contributed by atoms with Crippen LogP contribution < -0.4 is 4.74 Å². The third-order valence-electron chi connectivity index (χ3n) is 2.85. The molecule has 0 radical (unpaired) electrons. The molecular formula is C15H22O3. The summed E-state index contributed by atoms with van der Waals surface area (Å²) in [6.45, 7) is 8.36. The van der Waals surface area contributed by atoms with Gasteiger partial charge in [0.05, 0.1) is 13.0 Å². The zero-order valence-corrected chi connectivity index (χ0v) is 11.7. The fourth-order valence-electron chi connectivity index (χ4n) is 1.49. The van der Waals surface area contributed by atoms with Gasteiger partial charge in [-0.25, -0.2) is 0 Å². The van der Waals surface area contributed by atoms with Gasteiger partial charge >= 0.3 is 5.97 Å². The molecule has 0 saturated heterocycles. The monoisotopic (exact) mass is 250 g/mol. The highest BCUT2D eigenvalue weighted by Crippen LogP contribution is 2.25. The molecule has 0 saturated carbocycles. The fraction of sp³-hybridized carbons (Fsp3) is 0.533. The van der Waals surface area contributed by atoms with Crippen LogP contribution in [0.3, 0.4) is 0 Å². The Labute approximate surface area is 109 Å². The van der Waals surface area contributed by atoms with Crippen molar-refractivity contribution in [1.29, 1.82) is 0 Å². The number of carbonyl (C=O) groups excluding carboxylic acids is 1. The van der Waals surface area contributed by atoms with Gasteiger partial charge in [0.25, 0.3) is 0 Å². The largest absolute Gasteiger partial charge is 0.488 e. The van der Waals surface area contributed by atoms with Gasteiger partial charge in [0.2, 0.25) is 0 Å². The minimum Gasteiger partial charge on any atom is -0.488 e. The van der Waals surface area contributed by atoms with Crippen molar-refractivity contribution in [3.63, 3.8) is 0 Å². The van der Waals surface area contributed by atoms with Crippen LogP contribution in [-0.4, -0.2) is 18.2 Å². The predicted octanol–water partition coefficient (Wildman–Crippen LogP) is 3.36. The average molecular weight is 250 g/mol. The summed E-state index contributed by atoms with van der Waals surface area (Å²) in [5, 5.41) is 0. The van der Waals surface area contributed by atoms with Crippen LogP contribution in [0.2, 0.25) is 0 Å². The Hall–Kier alpha value is -1.51. The molecule has 0 bridgehead atoms. The molecule has 1 aromatic rings. The number of para-hydroxylation sites is 1. The number of carbonyl (C=O) groups is 1. The Morgan fingerprint density at radius 1 is 1.22 bits per heavy atom. The average Bonchev–Trinajstić information content (AvgIpc) is 2.32. The van der Waals surface area contributed by atoms with Crippen LogP contribution in [0.4, 0.5) is 0 Å². The first-order chi connectivity index (χ1) is 8.48. The molecule has 0 amide bonds. The second-order valence-corrected chi connectivity index (χ2v) is 4.80. The molecule has 0 fully saturated rings. The zero-order valence-electron chi connectivity index (χ0n) is 11.7. The Bertz CT molecular complexity index is 396. The molecule has 0 aliphatic rings. The van der Waals surface area contributed by atoms with Crippen molar-refractivity contribution < 1.29 is 14.3 Å². The van der Waals surface area contributed by atoms with Gasteiger partial charge in [0.15, 0.2) is 0 Å². The summed E-state index contributed by atoms with van der Waals surface area (Å²) < 4.78 is 10.9. The van der Waals surface area contributed by atoms with Crippen LogP contribution in [0.5, 0.6) is 5.75 Å². The Kier molecular flexibility index (Phi) is 5.20. The normalized spacial score (nSPS) is 11.1. The maximum absolute atomic E-state index is 11.5. The highest BCUT2D eigenvalue weighted by molar-refractivity contribution is 5.73. The van der Waals surface area contributed by atoms with Crippen molar-refractivity contribution in [2.45, 2.75) is 46.1 Å². The zero-order chi connectivity index (χ0) is 13.6. The van der Waals surface area contributed by atoms with Crippen molar-refractivity contribution in [2.24, 2.45) is 0 Å². The number of esters is 1. The molecule has 0 atom stereocenters. The minimum absolute atomic E-state index is 0.220. The van der Waals surface area contributed by atoms with E-state index in [2.05, 4.69) is 6.92 Å². The molecule has 0 N–H and O–H groups in total. The molecule has 100 valence electrons. The van der Waals surface area contributed by atoms with Gasteiger partial charge in [-0.05, 0) is 33.3 Å². The summed E-state index contributed by atoms with van der Waals surface area (Å²) in [5.74, 6) is 0.542. The maximum Gasteiger partial charge on any atom is 0.310 e. The quantitative estimate of drug-likeness (QED) is 0.726. The van der Waals surface area contributed by atoms with E-state index in [-0.39, 0.29) is 18.0 Å². The SMILES string of the molecule is CCOC(=O)Cc1ccccc1OC(C)(C)CC. The smallest absolute Gasteiger partial charge is 0.310 e. The topological polar surface area (TPSA) is 35.5 Å². The second kappa shape index (κ2) is 6.43. The van der Waals surface area contributed by atoms with Gasteiger partial charge < -0.3 is 9.47 Å². The van der Waals surface area contributed by atoms with Gasteiger partial charge in [-0.2, -0.15) is 0 Å². The first-order valence-corrected chi connectivity index (χ1v) is 6.41. The molecule has 0 spiro atoms. The number of ether oxygens (including phenoxy) is 2. The highest BCUT2D eigenvalue weighted by Gasteiger charge is 2.19. The highest BCUT2D eigenvalue weighted by atomic mass is 16.5. The summed E-state index contributed by atoms with van der Waals surface area (Å²) in [6.07, 6.45) is 1.16. The summed E-state index contributed by atoms with van der Waals surface area (Å²) in [5.41, 5.74) is 0.641. The Morgan fingerprint density at radius 3 is 2.50 bits per heavy atom. The van der Waals surface area contributed by atoms with Crippen LogP contribution >= 0.6 is 0 Å². The molecular weight excluding hydrogens is 228 g/mol. The lowest BCUT2D eigenvalue weighted by Crippen LogP contribution is -2.27.